The SMILES string of the molecule is CCOCCN(CCOCC)C(=O)COC(=O)/C=C/C(=O)OC. The smallest absolute Gasteiger partial charge is 0.331 e. The third kappa shape index (κ3) is 11.3. The van der Waals surface area contributed by atoms with Crippen molar-refractivity contribution in [3.63, 3.8) is 0 Å². The van der Waals surface area contributed by atoms with Gasteiger partial charge in [0, 0.05) is 38.5 Å². The van der Waals surface area contributed by atoms with Crippen molar-refractivity contribution in [3.05, 3.63) is 12.2 Å². The topological polar surface area (TPSA) is 91.4 Å². The molecular weight excluding hydrogens is 306 g/mol. The molecule has 1 amide bonds. The fraction of sp³-hybridized carbons (Fsp3) is 0.667. The van der Waals surface area contributed by atoms with Crippen LogP contribution < -0.4 is 0 Å². The summed E-state index contributed by atoms with van der Waals surface area (Å²) in [5, 5.41) is 0. The van der Waals surface area contributed by atoms with E-state index in [2.05, 4.69) is 4.74 Å². The zero-order valence-corrected chi connectivity index (χ0v) is 13.9. The van der Waals surface area contributed by atoms with Crippen LogP contribution in [-0.4, -0.2) is 76.0 Å². The van der Waals surface area contributed by atoms with Gasteiger partial charge in [-0.3, -0.25) is 4.79 Å². The molecule has 0 N–H and O–H groups in total. The Labute approximate surface area is 136 Å². The summed E-state index contributed by atoms with van der Waals surface area (Å²) in [4.78, 5) is 35.8. The number of hydrogen-bond acceptors (Lipinski definition) is 7. The summed E-state index contributed by atoms with van der Waals surface area (Å²) in [7, 11) is 1.19. The standard InChI is InChI=1S/C15H25NO7/c1-4-21-10-8-16(9-11-22-5-2)13(17)12-23-15(19)7-6-14(18)20-3/h6-7H,4-5,8-12H2,1-3H3/b7-6+. The van der Waals surface area contributed by atoms with Gasteiger partial charge in [0.2, 0.25) is 0 Å². The van der Waals surface area contributed by atoms with Crippen LogP contribution in [0.3, 0.4) is 0 Å². The summed E-state index contributed by atoms with van der Waals surface area (Å²) < 4.78 is 19.6. The number of nitrogens with zero attached hydrogens (tertiary/aromatic N) is 1. The molecule has 0 rings (SSSR count). The Hall–Kier alpha value is -1.93. The van der Waals surface area contributed by atoms with Crippen molar-refractivity contribution in [3.8, 4) is 0 Å². The van der Waals surface area contributed by atoms with Crippen molar-refractivity contribution in [1.82, 2.24) is 4.90 Å². The predicted octanol–water partition coefficient (Wildman–Crippen LogP) is 0.160. The molecule has 0 aromatic rings. The molecule has 0 aliphatic heterocycles. The molecule has 0 radical (unpaired) electrons. The normalized spacial score (nSPS) is 10.6. The Morgan fingerprint density at radius 2 is 1.43 bits per heavy atom. The first-order chi connectivity index (χ1) is 11.0. The molecule has 0 bridgehead atoms. The largest absolute Gasteiger partial charge is 0.466 e. The van der Waals surface area contributed by atoms with E-state index in [0.29, 0.717) is 39.5 Å². The molecule has 0 saturated heterocycles. The molecule has 23 heavy (non-hydrogen) atoms. The lowest BCUT2D eigenvalue weighted by molar-refractivity contribution is -0.149. The fourth-order valence-corrected chi connectivity index (χ4v) is 1.48. The van der Waals surface area contributed by atoms with Gasteiger partial charge >= 0.3 is 11.9 Å². The third-order valence-electron chi connectivity index (χ3n) is 2.67. The minimum Gasteiger partial charge on any atom is -0.466 e. The average molecular weight is 331 g/mol. The van der Waals surface area contributed by atoms with E-state index in [1.165, 1.54) is 12.0 Å². The lowest BCUT2D eigenvalue weighted by atomic mass is 10.4. The summed E-state index contributed by atoms with van der Waals surface area (Å²) in [6.45, 7) is 5.98. The number of hydrogen-bond donors (Lipinski definition) is 0. The maximum absolute atomic E-state index is 12.1. The van der Waals surface area contributed by atoms with E-state index in [1.54, 1.807) is 0 Å². The first-order valence-electron chi connectivity index (χ1n) is 7.41. The van der Waals surface area contributed by atoms with Crippen LogP contribution in [0.15, 0.2) is 12.2 Å². The van der Waals surface area contributed by atoms with Crippen LogP contribution in [0.2, 0.25) is 0 Å². The van der Waals surface area contributed by atoms with Gasteiger partial charge in [-0.2, -0.15) is 0 Å². The van der Waals surface area contributed by atoms with Gasteiger partial charge in [-0.25, -0.2) is 9.59 Å². The quantitative estimate of drug-likeness (QED) is 0.286. The summed E-state index contributed by atoms with van der Waals surface area (Å²) in [5.74, 6) is -1.83. The first kappa shape index (κ1) is 21.1. The van der Waals surface area contributed by atoms with E-state index in [1.807, 2.05) is 13.8 Å². The van der Waals surface area contributed by atoms with Crippen molar-refractivity contribution in [2.24, 2.45) is 0 Å². The molecule has 0 heterocycles. The van der Waals surface area contributed by atoms with E-state index in [0.717, 1.165) is 12.2 Å². The molecule has 0 fully saturated rings. The molecule has 132 valence electrons. The van der Waals surface area contributed by atoms with Crippen LogP contribution >= 0.6 is 0 Å². The molecule has 0 unspecified atom stereocenters. The average Bonchev–Trinajstić information content (AvgIpc) is 2.56. The van der Waals surface area contributed by atoms with E-state index in [4.69, 9.17) is 14.2 Å². The second-order valence-electron chi connectivity index (χ2n) is 4.24. The van der Waals surface area contributed by atoms with Gasteiger partial charge in [-0.1, -0.05) is 0 Å². The van der Waals surface area contributed by atoms with Crippen LogP contribution in [0.1, 0.15) is 13.8 Å². The van der Waals surface area contributed by atoms with Gasteiger partial charge in [-0.15, -0.1) is 0 Å². The summed E-state index contributed by atoms with van der Waals surface area (Å²) >= 11 is 0. The Morgan fingerprint density at radius 1 is 0.913 bits per heavy atom. The molecule has 0 spiro atoms. The fourth-order valence-electron chi connectivity index (χ4n) is 1.48. The molecule has 0 aliphatic carbocycles. The Balaban J connectivity index is 4.31. The van der Waals surface area contributed by atoms with Gasteiger partial charge in [0.15, 0.2) is 6.61 Å². The van der Waals surface area contributed by atoms with Crippen molar-refractivity contribution < 1.29 is 33.3 Å². The molecule has 8 heteroatoms. The molecular formula is C15H25NO7. The number of carbonyl (C=O) groups is 3. The van der Waals surface area contributed by atoms with Crippen molar-refractivity contribution >= 4 is 17.8 Å². The van der Waals surface area contributed by atoms with Crippen molar-refractivity contribution in [1.29, 1.82) is 0 Å². The zero-order valence-electron chi connectivity index (χ0n) is 13.9. The molecule has 0 atom stereocenters. The highest BCUT2D eigenvalue weighted by Crippen LogP contribution is 1.94. The second kappa shape index (κ2) is 13.7. The highest BCUT2D eigenvalue weighted by Gasteiger charge is 2.15. The van der Waals surface area contributed by atoms with E-state index in [-0.39, 0.29) is 5.91 Å². The third-order valence-corrected chi connectivity index (χ3v) is 2.67. The first-order valence-corrected chi connectivity index (χ1v) is 7.41. The summed E-state index contributed by atoms with van der Waals surface area (Å²) in [6.07, 6.45) is 1.83. The zero-order chi connectivity index (χ0) is 17.5. The highest BCUT2D eigenvalue weighted by atomic mass is 16.5. The van der Waals surface area contributed by atoms with Gasteiger partial charge in [0.1, 0.15) is 0 Å². The van der Waals surface area contributed by atoms with Crippen LogP contribution in [0.4, 0.5) is 0 Å². The lowest BCUT2D eigenvalue weighted by Crippen LogP contribution is -2.39. The minimum atomic E-state index is -0.793. The van der Waals surface area contributed by atoms with Gasteiger partial charge < -0.3 is 23.8 Å². The van der Waals surface area contributed by atoms with Crippen LogP contribution in [0, 0.1) is 0 Å². The van der Waals surface area contributed by atoms with Crippen molar-refractivity contribution in [2.45, 2.75) is 13.8 Å². The Bertz CT molecular complexity index is 385. The molecule has 8 nitrogen and oxygen atoms in total. The number of methoxy groups -OCH3 is 1. The number of amides is 1. The minimum absolute atomic E-state index is 0.357. The molecule has 0 aromatic heterocycles. The molecule has 0 aliphatic rings. The van der Waals surface area contributed by atoms with E-state index < -0.39 is 18.5 Å². The van der Waals surface area contributed by atoms with Crippen LogP contribution in [0.25, 0.3) is 0 Å². The van der Waals surface area contributed by atoms with Gasteiger partial charge in [0.05, 0.1) is 20.3 Å². The van der Waals surface area contributed by atoms with E-state index >= 15 is 0 Å². The number of esters is 2. The lowest BCUT2D eigenvalue weighted by Gasteiger charge is -2.22. The number of rotatable bonds is 12. The van der Waals surface area contributed by atoms with Crippen LogP contribution in [-0.2, 0) is 33.3 Å². The van der Waals surface area contributed by atoms with Crippen molar-refractivity contribution in [2.75, 3.05) is 53.2 Å². The summed E-state index contributed by atoms with van der Waals surface area (Å²) in [6, 6.07) is 0. The van der Waals surface area contributed by atoms with Gasteiger partial charge in [0.25, 0.3) is 5.91 Å². The predicted molar refractivity (Wildman–Crippen MR) is 81.7 cm³/mol. The second-order valence-corrected chi connectivity index (χ2v) is 4.24. The number of carbonyl (C=O) groups excluding carboxylic acids is 3. The molecule has 0 saturated carbocycles. The highest BCUT2D eigenvalue weighted by molar-refractivity contribution is 5.92. The monoisotopic (exact) mass is 331 g/mol. The Kier molecular flexibility index (Phi) is 12.6. The maximum atomic E-state index is 12.1. The molecule has 0 aromatic carbocycles. The summed E-state index contributed by atoms with van der Waals surface area (Å²) in [5.41, 5.74) is 0. The van der Waals surface area contributed by atoms with Crippen LogP contribution in [0.5, 0.6) is 0 Å². The Morgan fingerprint density at radius 3 is 1.91 bits per heavy atom. The van der Waals surface area contributed by atoms with E-state index in [9.17, 15) is 14.4 Å². The van der Waals surface area contributed by atoms with Gasteiger partial charge in [-0.05, 0) is 13.8 Å². The number of ether oxygens (including phenoxy) is 4. The maximum Gasteiger partial charge on any atom is 0.331 e.